The quantitative estimate of drug-likeness (QED) is 0.560. The van der Waals surface area contributed by atoms with Crippen molar-refractivity contribution in [2.75, 3.05) is 20.2 Å². The molecule has 1 aromatic heterocycles. The van der Waals surface area contributed by atoms with Crippen molar-refractivity contribution in [1.29, 1.82) is 0 Å². The van der Waals surface area contributed by atoms with E-state index in [-0.39, 0.29) is 11.9 Å². The van der Waals surface area contributed by atoms with E-state index in [9.17, 15) is 4.39 Å². The van der Waals surface area contributed by atoms with Gasteiger partial charge in [0.2, 0.25) is 5.88 Å². The van der Waals surface area contributed by atoms with Gasteiger partial charge in [-0.2, -0.15) is 0 Å². The predicted octanol–water partition coefficient (Wildman–Crippen LogP) is 2.75. The molecule has 2 aromatic rings. The molecule has 1 unspecified atom stereocenters. The lowest BCUT2D eigenvalue weighted by molar-refractivity contribution is 0.223. The third-order valence-electron chi connectivity index (χ3n) is 3.48. The van der Waals surface area contributed by atoms with Gasteiger partial charge in [0.05, 0.1) is 20.2 Å². The molecule has 0 radical (unpaired) electrons. The SMILES string of the molecule is CCNC(=NCc1ccnc(OC)c1)NCC(C)Oc1ccc(F)cc1. The maximum absolute atomic E-state index is 12.9. The molecule has 6 nitrogen and oxygen atoms in total. The second-order valence-electron chi connectivity index (χ2n) is 5.66. The lowest BCUT2D eigenvalue weighted by atomic mass is 10.3. The van der Waals surface area contributed by atoms with Gasteiger partial charge in [-0.05, 0) is 49.7 Å². The van der Waals surface area contributed by atoms with E-state index in [1.807, 2.05) is 26.0 Å². The summed E-state index contributed by atoms with van der Waals surface area (Å²) in [6.45, 7) is 5.75. The smallest absolute Gasteiger partial charge is 0.213 e. The largest absolute Gasteiger partial charge is 0.489 e. The molecule has 7 heteroatoms. The van der Waals surface area contributed by atoms with E-state index in [4.69, 9.17) is 9.47 Å². The molecule has 0 aliphatic rings. The molecule has 0 aliphatic carbocycles. The van der Waals surface area contributed by atoms with Gasteiger partial charge in [0, 0.05) is 18.8 Å². The number of aliphatic imine (C=N–C) groups is 1. The van der Waals surface area contributed by atoms with Crippen LogP contribution in [0.2, 0.25) is 0 Å². The number of methoxy groups -OCH3 is 1. The maximum atomic E-state index is 12.9. The fourth-order valence-corrected chi connectivity index (χ4v) is 2.20. The van der Waals surface area contributed by atoms with Crippen LogP contribution >= 0.6 is 0 Å². The summed E-state index contributed by atoms with van der Waals surface area (Å²) in [7, 11) is 1.59. The predicted molar refractivity (Wildman–Crippen MR) is 100 cm³/mol. The van der Waals surface area contributed by atoms with Gasteiger partial charge in [-0.15, -0.1) is 0 Å². The Balaban J connectivity index is 1.88. The first-order valence-electron chi connectivity index (χ1n) is 8.54. The highest BCUT2D eigenvalue weighted by Crippen LogP contribution is 2.13. The molecule has 2 rings (SSSR count). The average molecular weight is 360 g/mol. The van der Waals surface area contributed by atoms with E-state index in [1.165, 1.54) is 12.1 Å². The van der Waals surface area contributed by atoms with Gasteiger partial charge in [-0.3, -0.25) is 0 Å². The second-order valence-corrected chi connectivity index (χ2v) is 5.66. The fraction of sp³-hybridized carbons (Fsp3) is 0.368. The van der Waals surface area contributed by atoms with Crippen LogP contribution in [0.5, 0.6) is 11.6 Å². The Morgan fingerprint density at radius 1 is 1.23 bits per heavy atom. The highest BCUT2D eigenvalue weighted by molar-refractivity contribution is 5.79. The maximum Gasteiger partial charge on any atom is 0.213 e. The minimum absolute atomic E-state index is 0.106. The molecule has 0 saturated carbocycles. The first-order chi connectivity index (χ1) is 12.6. The summed E-state index contributed by atoms with van der Waals surface area (Å²) in [5.41, 5.74) is 1.00. The molecular weight excluding hydrogens is 335 g/mol. The van der Waals surface area contributed by atoms with E-state index in [2.05, 4.69) is 20.6 Å². The van der Waals surface area contributed by atoms with Gasteiger partial charge in [0.25, 0.3) is 0 Å². The van der Waals surface area contributed by atoms with Gasteiger partial charge < -0.3 is 20.1 Å². The number of nitrogens with one attached hydrogen (secondary N) is 2. The van der Waals surface area contributed by atoms with Crippen LogP contribution in [-0.4, -0.2) is 37.2 Å². The summed E-state index contributed by atoms with van der Waals surface area (Å²) >= 11 is 0. The third kappa shape index (κ3) is 6.58. The lowest BCUT2D eigenvalue weighted by Gasteiger charge is -2.17. The van der Waals surface area contributed by atoms with Crippen molar-refractivity contribution in [3.8, 4) is 11.6 Å². The van der Waals surface area contributed by atoms with Crippen molar-refractivity contribution in [1.82, 2.24) is 15.6 Å². The van der Waals surface area contributed by atoms with Gasteiger partial charge in [0.1, 0.15) is 17.7 Å². The fourth-order valence-electron chi connectivity index (χ4n) is 2.20. The van der Waals surface area contributed by atoms with Crippen molar-refractivity contribution in [2.45, 2.75) is 26.5 Å². The van der Waals surface area contributed by atoms with Gasteiger partial charge in [-0.25, -0.2) is 14.4 Å². The standard InChI is InChI=1S/C19H25FN4O2/c1-4-21-19(24-13-15-9-10-22-18(11-15)25-3)23-12-14(2)26-17-7-5-16(20)6-8-17/h5-11,14H,4,12-13H2,1-3H3,(H2,21,23,24). The van der Waals surface area contributed by atoms with Crippen LogP contribution in [0.25, 0.3) is 0 Å². The first kappa shape index (κ1) is 19.5. The Hall–Kier alpha value is -2.83. The molecule has 26 heavy (non-hydrogen) atoms. The normalized spacial score (nSPS) is 12.4. The van der Waals surface area contributed by atoms with Crippen molar-refractivity contribution < 1.29 is 13.9 Å². The molecule has 140 valence electrons. The molecule has 0 saturated heterocycles. The summed E-state index contributed by atoms with van der Waals surface area (Å²) in [5, 5.41) is 6.44. The zero-order chi connectivity index (χ0) is 18.8. The van der Waals surface area contributed by atoms with Crippen molar-refractivity contribution in [3.05, 3.63) is 54.0 Å². The van der Waals surface area contributed by atoms with Gasteiger partial charge >= 0.3 is 0 Å². The molecule has 0 fully saturated rings. The number of benzene rings is 1. The number of halogens is 1. The average Bonchev–Trinajstić information content (AvgIpc) is 2.66. The Morgan fingerprint density at radius 3 is 2.69 bits per heavy atom. The van der Waals surface area contributed by atoms with Crippen molar-refractivity contribution in [3.63, 3.8) is 0 Å². The molecule has 0 bridgehead atoms. The number of guanidine groups is 1. The number of rotatable bonds is 8. The number of hydrogen-bond donors (Lipinski definition) is 2. The van der Waals surface area contributed by atoms with Crippen LogP contribution < -0.4 is 20.1 Å². The van der Waals surface area contributed by atoms with E-state index in [0.29, 0.717) is 30.7 Å². The number of ether oxygens (including phenoxy) is 2. The number of hydrogen-bond acceptors (Lipinski definition) is 4. The van der Waals surface area contributed by atoms with Gasteiger partial charge in [0.15, 0.2) is 5.96 Å². The van der Waals surface area contributed by atoms with E-state index >= 15 is 0 Å². The summed E-state index contributed by atoms with van der Waals surface area (Å²) in [6, 6.07) is 9.74. The zero-order valence-electron chi connectivity index (χ0n) is 15.3. The summed E-state index contributed by atoms with van der Waals surface area (Å²) in [5.74, 6) is 1.61. The minimum atomic E-state index is -0.280. The summed E-state index contributed by atoms with van der Waals surface area (Å²) < 4.78 is 23.8. The zero-order valence-corrected chi connectivity index (χ0v) is 15.3. The molecule has 0 spiro atoms. The van der Waals surface area contributed by atoms with Crippen molar-refractivity contribution >= 4 is 5.96 Å². The minimum Gasteiger partial charge on any atom is -0.489 e. The molecule has 0 amide bonds. The number of nitrogens with zero attached hydrogens (tertiary/aromatic N) is 2. The third-order valence-corrected chi connectivity index (χ3v) is 3.48. The van der Waals surface area contributed by atoms with Crippen LogP contribution in [-0.2, 0) is 6.54 Å². The molecule has 1 atom stereocenters. The van der Waals surface area contributed by atoms with E-state index < -0.39 is 0 Å². The van der Waals surface area contributed by atoms with Crippen molar-refractivity contribution in [2.24, 2.45) is 4.99 Å². The highest BCUT2D eigenvalue weighted by atomic mass is 19.1. The Bertz CT molecular complexity index is 707. The first-order valence-corrected chi connectivity index (χ1v) is 8.54. The Kier molecular flexibility index (Phi) is 7.67. The van der Waals surface area contributed by atoms with Crippen LogP contribution in [0.15, 0.2) is 47.6 Å². The van der Waals surface area contributed by atoms with Crippen LogP contribution in [0.4, 0.5) is 4.39 Å². The molecule has 2 N–H and O–H groups in total. The highest BCUT2D eigenvalue weighted by Gasteiger charge is 2.06. The molecule has 1 heterocycles. The molecule has 1 aromatic carbocycles. The monoisotopic (exact) mass is 360 g/mol. The van der Waals surface area contributed by atoms with Gasteiger partial charge in [-0.1, -0.05) is 0 Å². The number of aromatic nitrogens is 1. The second kappa shape index (κ2) is 10.2. The Morgan fingerprint density at radius 2 is 2.00 bits per heavy atom. The van der Waals surface area contributed by atoms with Crippen LogP contribution in [0, 0.1) is 5.82 Å². The summed E-state index contributed by atoms with van der Waals surface area (Å²) in [6.07, 6.45) is 1.59. The van der Waals surface area contributed by atoms with E-state index in [0.717, 1.165) is 12.1 Å². The Labute approximate surface area is 153 Å². The topological polar surface area (TPSA) is 67.8 Å². The lowest BCUT2D eigenvalue weighted by Crippen LogP contribution is -2.41. The van der Waals surface area contributed by atoms with Crippen LogP contribution in [0.1, 0.15) is 19.4 Å². The van der Waals surface area contributed by atoms with Crippen LogP contribution in [0.3, 0.4) is 0 Å². The molecular formula is C19H25FN4O2. The summed E-state index contributed by atoms with van der Waals surface area (Å²) in [4.78, 5) is 8.64. The van der Waals surface area contributed by atoms with E-state index in [1.54, 1.807) is 25.4 Å². The number of pyridine rings is 1. The molecule has 0 aliphatic heterocycles.